The summed E-state index contributed by atoms with van der Waals surface area (Å²) in [6.45, 7) is 9.07. The predicted molar refractivity (Wildman–Crippen MR) is 63.8 cm³/mol. The molecule has 1 fully saturated rings. The van der Waals surface area contributed by atoms with E-state index in [4.69, 9.17) is 0 Å². The van der Waals surface area contributed by atoms with Gasteiger partial charge in [-0.05, 0) is 36.1 Å². The zero-order chi connectivity index (χ0) is 10.4. The highest BCUT2D eigenvalue weighted by molar-refractivity contribution is 5.72. The maximum absolute atomic E-state index is 3.41. The molecule has 80 valence electrons. The van der Waals surface area contributed by atoms with Crippen LogP contribution in [0.25, 0.3) is 0 Å². The van der Waals surface area contributed by atoms with Gasteiger partial charge >= 0.3 is 0 Å². The van der Waals surface area contributed by atoms with E-state index in [0.717, 1.165) is 26.2 Å². The third-order valence-electron chi connectivity index (χ3n) is 3.59. The number of piperazine rings is 1. The summed E-state index contributed by atoms with van der Waals surface area (Å²) < 4.78 is 0. The van der Waals surface area contributed by atoms with E-state index in [1.165, 1.54) is 23.2 Å². The first-order valence-electron chi connectivity index (χ1n) is 5.85. The molecular formula is C13H18N2. The van der Waals surface area contributed by atoms with Gasteiger partial charge in [0.2, 0.25) is 0 Å². The van der Waals surface area contributed by atoms with E-state index < -0.39 is 0 Å². The Bertz CT molecular complexity index is 400. The van der Waals surface area contributed by atoms with Crippen LogP contribution < -0.4 is 10.2 Å². The lowest BCUT2D eigenvalue weighted by molar-refractivity contribution is 0.588. The lowest BCUT2D eigenvalue weighted by Crippen LogP contribution is -2.43. The van der Waals surface area contributed by atoms with Crippen molar-refractivity contribution >= 4 is 5.69 Å². The van der Waals surface area contributed by atoms with Crippen LogP contribution in [0.1, 0.15) is 22.3 Å². The van der Waals surface area contributed by atoms with Crippen LogP contribution in [0.2, 0.25) is 0 Å². The average Bonchev–Trinajstić information content (AvgIpc) is 2.99. The molecule has 0 radical (unpaired) electrons. The number of anilines is 1. The van der Waals surface area contributed by atoms with Gasteiger partial charge in [-0.25, -0.2) is 0 Å². The van der Waals surface area contributed by atoms with Crippen molar-refractivity contribution < 1.29 is 0 Å². The third kappa shape index (κ3) is 1.44. The van der Waals surface area contributed by atoms with E-state index in [-0.39, 0.29) is 0 Å². The summed E-state index contributed by atoms with van der Waals surface area (Å²) in [6, 6.07) is 2.35. The molecule has 1 aromatic carbocycles. The van der Waals surface area contributed by atoms with E-state index >= 15 is 0 Å². The molecule has 3 rings (SSSR count). The number of rotatable bonds is 1. The minimum atomic E-state index is 1.13. The molecular weight excluding hydrogens is 184 g/mol. The number of nitrogens with zero attached hydrogens (tertiary/aromatic N) is 1. The summed E-state index contributed by atoms with van der Waals surface area (Å²) >= 11 is 0. The number of hydrogen-bond donors (Lipinski definition) is 1. The van der Waals surface area contributed by atoms with Gasteiger partial charge in [0.1, 0.15) is 0 Å². The molecule has 0 saturated carbocycles. The molecule has 1 heterocycles. The Kier molecular flexibility index (Phi) is 1.99. The zero-order valence-corrected chi connectivity index (χ0v) is 9.56. The van der Waals surface area contributed by atoms with Gasteiger partial charge < -0.3 is 10.2 Å². The normalized spacial score (nSPS) is 18.9. The van der Waals surface area contributed by atoms with E-state index in [0.29, 0.717) is 0 Å². The van der Waals surface area contributed by atoms with Gasteiger partial charge in [-0.1, -0.05) is 6.07 Å². The molecule has 2 nitrogen and oxygen atoms in total. The van der Waals surface area contributed by atoms with Crippen molar-refractivity contribution in [1.82, 2.24) is 5.32 Å². The van der Waals surface area contributed by atoms with Crippen molar-refractivity contribution in [3.8, 4) is 0 Å². The number of benzene rings is 1. The summed E-state index contributed by atoms with van der Waals surface area (Å²) in [5, 5.41) is 3.41. The lowest BCUT2D eigenvalue weighted by atomic mass is 10.1. The smallest absolute Gasteiger partial charge is 0.0435 e. The van der Waals surface area contributed by atoms with Crippen LogP contribution in [0.5, 0.6) is 0 Å². The molecule has 1 N–H and O–H groups in total. The topological polar surface area (TPSA) is 15.3 Å². The predicted octanol–water partition coefficient (Wildman–Crippen LogP) is 1.62. The van der Waals surface area contributed by atoms with Crippen molar-refractivity contribution in [3.05, 3.63) is 28.3 Å². The number of hydrogen-bond acceptors (Lipinski definition) is 2. The first-order chi connectivity index (χ1) is 7.27. The molecule has 1 aromatic rings. The highest BCUT2D eigenvalue weighted by atomic mass is 15.2. The van der Waals surface area contributed by atoms with Crippen LogP contribution in [-0.4, -0.2) is 26.2 Å². The van der Waals surface area contributed by atoms with E-state index in [1.54, 1.807) is 11.1 Å². The average molecular weight is 202 g/mol. The fourth-order valence-electron chi connectivity index (χ4n) is 2.78. The molecule has 1 aliphatic heterocycles. The highest BCUT2D eigenvalue weighted by Crippen LogP contribution is 2.42. The molecule has 0 amide bonds. The number of fused-ring (bicyclic) bond motifs is 1. The minimum Gasteiger partial charge on any atom is -0.369 e. The maximum atomic E-state index is 3.41. The minimum absolute atomic E-state index is 1.13. The van der Waals surface area contributed by atoms with Crippen molar-refractivity contribution in [3.63, 3.8) is 0 Å². The standard InChI is InChI=1S/C13H18N2/c1-9-7-10(2)13(12-8-11(9)12)15-5-3-14-4-6-15/h7,14H,3-6,8H2,1-2H3. The number of nitrogens with one attached hydrogen (secondary N) is 1. The summed E-state index contributed by atoms with van der Waals surface area (Å²) in [4.78, 5) is 2.55. The van der Waals surface area contributed by atoms with Crippen molar-refractivity contribution in [1.29, 1.82) is 0 Å². The second-order valence-corrected chi connectivity index (χ2v) is 4.73. The monoisotopic (exact) mass is 202 g/mol. The van der Waals surface area contributed by atoms with Gasteiger partial charge in [0.05, 0.1) is 0 Å². The van der Waals surface area contributed by atoms with Crippen LogP contribution in [0.3, 0.4) is 0 Å². The Balaban J connectivity index is 1.98. The van der Waals surface area contributed by atoms with Crippen LogP contribution in [-0.2, 0) is 6.42 Å². The van der Waals surface area contributed by atoms with Crippen LogP contribution in [0.4, 0.5) is 5.69 Å². The second-order valence-electron chi connectivity index (χ2n) is 4.73. The van der Waals surface area contributed by atoms with Crippen LogP contribution in [0.15, 0.2) is 6.07 Å². The Hall–Kier alpha value is -1.02. The summed E-state index contributed by atoms with van der Waals surface area (Å²) in [5.74, 6) is 0. The first kappa shape index (κ1) is 9.22. The van der Waals surface area contributed by atoms with Gasteiger partial charge in [0.15, 0.2) is 0 Å². The third-order valence-corrected chi connectivity index (χ3v) is 3.59. The maximum Gasteiger partial charge on any atom is 0.0435 e. The molecule has 0 aromatic heterocycles. The summed E-state index contributed by atoms with van der Waals surface area (Å²) in [7, 11) is 0. The molecule has 2 aliphatic rings. The molecule has 1 aliphatic carbocycles. The first-order valence-corrected chi connectivity index (χ1v) is 5.85. The quantitative estimate of drug-likeness (QED) is 0.756. The molecule has 2 heteroatoms. The second kappa shape index (κ2) is 3.24. The molecule has 0 unspecified atom stereocenters. The number of aryl methyl sites for hydroxylation is 2. The summed E-state index contributed by atoms with van der Waals surface area (Å²) in [5.41, 5.74) is 7.72. The van der Waals surface area contributed by atoms with Crippen LogP contribution >= 0.6 is 0 Å². The van der Waals surface area contributed by atoms with Crippen molar-refractivity contribution in [2.75, 3.05) is 31.1 Å². The zero-order valence-electron chi connectivity index (χ0n) is 9.56. The SMILES string of the molecule is Cc1cc(C)c(N2CCNCC2)c2c1C2. The van der Waals surface area contributed by atoms with Crippen molar-refractivity contribution in [2.45, 2.75) is 20.3 Å². The molecule has 0 spiro atoms. The van der Waals surface area contributed by atoms with E-state index in [9.17, 15) is 0 Å². The Morgan fingerprint density at radius 2 is 1.80 bits per heavy atom. The van der Waals surface area contributed by atoms with E-state index in [2.05, 4.69) is 30.1 Å². The lowest BCUT2D eigenvalue weighted by Gasteiger charge is -2.31. The Morgan fingerprint density at radius 3 is 2.53 bits per heavy atom. The molecule has 0 bridgehead atoms. The van der Waals surface area contributed by atoms with E-state index in [1.807, 2.05) is 0 Å². The molecule has 1 saturated heterocycles. The largest absolute Gasteiger partial charge is 0.369 e. The fraction of sp³-hybridized carbons (Fsp3) is 0.538. The molecule has 0 atom stereocenters. The Morgan fingerprint density at radius 1 is 1.07 bits per heavy atom. The summed E-state index contributed by atoms with van der Waals surface area (Å²) in [6.07, 6.45) is 1.24. The van der Waals surface area contributed by atoms with Gasteiger partial charge in [-0.2, -0.15) is 0 Å². The highest BCUT2D eigenvalue weighted by Gasteiger charge is 2.28. The van der Waals surface area contributed by atoms with Gasteiger partial charge in [-0.3, -0.25) is 0 Å². The van der Waals surface area contributed by atoms with Gasteiger partial charge in [0, 0.05) is 38.3 Å². The fourth-order valence-corrected chi connectivity index (χ4v) is 2.78. The Labute approximate surface area is 91.3 Å². The molecule has 15 heavy (non-hydrogen) atoms. The van der Waals surface area contributed by atoms with Gasteiger partial charge in [-0.15, -0.1) is 0 Å². The van der Waals surface area contributed by atoms with Crippen molar-refractivity contribution in [2.24, 2.45) is 0 Å². The van der Waals surface area contributed by atoms with Gasteiger partial charge in [0.25, 0.3) is 0 Å². The van der Waals surface area contributed by atoms with Crippen LogP contribution in [0, 0.1) is 13.8 Å².